The zero-order valence-electron chi connectivity index (χ0n) is 16.3. The number of ether oxygens (including phenoxy) is 1. The summed E-state index contributed by atoms with van der Waals surface area (Å²) in [6.07, 6.45) is 1.03. The quantitative estimate of drug-likeness (QED) is 0.519. The van der Waals surface area contributed by atoms with Crippen molar-refractivity contribution in [2.75, 3.05) is 19.8 Å². The summed E-state index contributed by atoms with van der Waals surface area (Å²) in [6, 6.07) is 13.4. The second-order valence-corrected chi connectivity index (χ2v) is 8.72. The predicted octanol–water partition coefficient (Wildman–Crippen LogP) is 2.50. The van der Waals surface area contributed by atoms with Gasteiger partial charge in [0.05, 0.1) is 12.3 Å². The molecule has 0 spiro atoms. The van der Waals surface area contributed by atoms with Crippen LogP contribution in [0.3, 0.4) is 0 Å². The molecule has 0 saturated carbocycles. The molecule has 28 heavy (non-hydrogen) atoms. The largest absolute Gasteiger partial charge is 0.489 e. The zero-order chi connectivity index (χ0) is 20.6. The molecule has 0 amide bonds. The van der Waals surface area contributed by atoms with Crippen molar-refractivity contribution in [3.63, 3.8) is 0 Å². The highest BCUT2D eigenvalue weighted by Gasteiger charge is 2.07. The average Bonchev–Trinajstić information content (AvgIpc) is 2.62. The molecule has 0 aliphatic rings. The van der Waals surface area contributed by atoms with Gasteiger partial charge in [-0.05, 0) is 30.2 Å². The van der Waals surface area contributed by atoms with Crippen LogP contribution < -0.4 is 15.4 Å². The lowest BCUT2D eigenvalue weighted by molar-refractivity contribution is 0.223. The van der Waals surface area contributed by atoms with E-state index in [9.17, 15) is 12.8 Å². The molecule has 152 valence electrons. The van der Waals surface area contributed by atoms with Crippen molar-refractivity contribution in [2.24, 2.45) is 4.99 Å². The minimum atomic E-state index is -3.04. The van der Waals surface area contributed by atoms with Crippen LogP contribution in [0.15, 0.2) is 53.5 Å². The Morgan fingerprint density at radius 2 is 1.82 bits per heavy atom. The van der Waals surface area contributed by atoms with Crippen molar-refractivity contribution in [1.29, 1.82) is 0 Å². The minimum Gasteiger partial charge on any atom is -0.489 e. The predicted molar refractivity (Wildman–Crippen MR) is 110 cm³/mol. The third-order valence-electron chi connectivity index (χ3n) is 3.83. The Balaban J connectivity index is 1.79. The Labute approximate surface area is 165 Å². The first-order valence-electron chi connectivity index (χ1n) is 8.87. The summed E-state index contributed by atoms with van der Waals surface area (Å²) in [4.78, 5) is 4.16. The summed E-state index contributed by atoms with van der Waals surface area (Å²) in [5, 5.41) is 6.34. The van der Waals surface area contributed by atoms with Gasteiger partial charge in [0.15, 0.2) is 15.8 Å². The van der Waals surface area contributed by atoms with Crippen molar-refractivity contribution in [3.8, 4) is 5.75 Å². The third kappa shape index (κ3) is 7.96. The van der Waals surface area contributed by atoms with Crippen LogP contribution in [0.4, 0.5) is 4.39 Å². The molecule has 0 saturated heterocycles. The summed E-state index contributed by atoms with van der Waals surface area (Å²) >= 11 is 0. The second-order valence-electron chi connectivity index (χ2n) is 6.58. The maximum Gasteiger partial charge on any atom is 0.191 e. The molecule has 2 aromatic rings. The van der Waals surface area contributed by atoms with Crippen LogP contribution >= 0.6 is 0 Å². The summed E-state index contributed by atoms with van der Waals surface area (Å²) in [5.74, 6) is 0.784. The number of benzene rings is 2. The summed E-state index contributed by atoms with van der Waals surface area (Å²) in [6.45, 7) is 2.91. The third-order valence-corrected chi connectivity index (χ3v) is 4.68. The molecule has 6 nitrogen and oxygen atoms in total. The van der Waals surface area contributed by atoms with Crippen LogP contribution in [-0.4, -0.2) is 40.3 Å². The maximum atomic E-state index is 13.2. The van der Waals surface area contributed by atoms with Crippen LogP contribution in [0, 0.1) is 5.82 Å². The molecular weight excluding hydrogens is 381 g/mol. The average molecular weight is 408 g/mol. The fraction of sp³-hybridized carbons (Fsp3) is 0.350. The molecule has 2 N–H and O–H groups in total. The first kappa shape index (κ1) is 21.7. The molecule has 0 radical (unpaired) electrons. The van der Waals surface area contributed by atoms with Gasteiger partial charge in [0.2, 0.25) is 0 Å². The first-order chi connectivity index (χ1) is 13.2. The molecule has 0 fully saturated rings. The number of halogens is 1. The first-order valence-corrected chi connectivity index (χ1v) is 10.9. The molecule has 0 aliphatic carbocycles. The maximum absolute atomic E-state index is 13.2. The Bertz CT molecular complexity index is 899. The molecule has 2 rings (SSSR count). The Kier molecular flexibility index (Phi) is 7.80. The fourth-order valence-corrected chi connectivity index (χ4v) is 3.32. The number of hydrogen-bond donors (Lipinski definition) is 2. The second kappa shape index (κ2) is 10.1. The van der Waals surface area contributed by atoms with Gasteiger partial charge in [0.25, 0.3) is 0 Å². The van der Waals surface area contributed by atoms with Gasteiger partial charge in [-0.3, -0.25) is 4.99 Å². The number of nitrogens with zero attached hydrogens (tertiary/aromatic N) is 1. The fourth-order valence-electron chi connectivity index (χ4n) is 2.52. The highest BCUT2D eigenvalue weighted by molar-refractivity contribution is 7.89. The smallest absolute Gasteiger partial charge is 0.191 e. The van der Waals surface area contributed by atoms with E-state index < -0.39 is 9.84 Å². The van der Waals surface area contributed by atoms with Crippen LogP contribution in [0.5, 0.6) is 5.75 Å². The molecule has 1 unspecified atom stereocenters. The van der Waals surface area contributed by atoms with Gasteiger partial charge >= 0.3 is 0 Å². The topological polar surface area (TPSA) is 79.8 Å². The van der Waals surface area contributed by atoms with Crippen molar-refractivity contribution in [1.82, 2.24) is 10.6 Å². The van der Waals surface area contributed by atoms with Crippen LogP contribution in [-0.2, 0) is 22.1 Å². The Morgan fingerprint density at radius 1 is 1.14 bits per heavy atom. The van der Waals surface area contributed by atoms with E-state index in [0.29, 0.717) is 24.8 Å². The van der Waals surface area contributed by atoms with E-state index >= 15 is 0 Å². The monoisotopic (exact) mass is 407 g/mol. The number of sulfone groups is 1. The summed E-state index contributed by atoms with van der Waals surface area (Å²) in [7, 11) is -1.37. The van der Waals surface area contributed by atoms with E-state index in [1.807, 2.05) is 31.2 Å². The Hall–Kier alpha value is -2.61. The van der Waals surface area contributed by atoms with E-state index in [4.69, 9.17) is 4.74 Å². The van der Waals surface area contributed by atoms with E-state index in [1.165, 1.54) is 18.4 Å². The molecule has 0 bridgehead atoms. The van der Waals surface area contributed by atoms with E-state index in [0.717, 1.165) is 11.1 Å². The van der Waals surface area contributed by atoms with Gasteiger partial charge in [-0.2, -0.15) is 0 Å². The normalized spacial score (nSPS) is 13.1. The summed E-state index contributed by atoms with van der Waals surface area (Å²) < 4.78 is 41.5. The lowest BCUT2D eigenvalue weighted by Gasteiger charge is -2.18. The SMILES string of the molecule is CN=C(NCc1ccc(CS(C)(=O)=O)cc1)NCC(C)Oc1cccc(F)c1. The van der Waals surface area contributed by atoms with Crippen molar-refractivity contribution >= 4 is 15.8 Å². The number of rotatable bonds is 8. The molecule has 0 heterocycles. The number of guanidine groups is 1. The zero-order valence-corrected chi connectivity index (χ0v) is 17.1. The van der Waals surface area contributed by atoms with Gasteiger partial charge in [-0.25, -0.2) is 12.8 Å². The molecule has 2 aromatic carbocycles. The lowest BCUT2D eigenvalue weighted by atomic mass is 10.1. The standard InChI is InChI=1S/C20H26FN3O3S/c1-15(27-19-6-4-5-18(21)11-19)12-23-20(22-2)24-13-16-7-9-17(10-8-16)14-28(3,25)26/h4-11,15H,12-14H2,1-3H3,(H2,22,23,24). The molecular formula is C20H26FN3O3S. The number of aliphatic imine (C=N–C) groups is 1. The number of nitrogens with one attached hydrogen (secondary N) is 2. The van der Waals surface area contributed by atoms with Gasteiger partial charge in [0, 0.05) is 25.9 Å². The van der Waals surface area contributed by atoms with E-state index in [-0.39, 0.29) is 17.7 Å². The highest BCUT2D eigenvalue weighted by Crippen LogP contribution is 2.13. The lowest BCUT2D eigenvalue weighted by Crippen LogP contribution is -2.41. The highest BCUT2D eigenvalue weighted by atomic mass is 32.2. The Morgan fingerprint density at radius 3 is 2.43 bits per heavy atom. The van der Waals surface area contributed by atoms with Crippen molar-refractivity contribution in [3.05, 3.63) is 65.5 Å². The van der Waals surface area contributed by atoms with E-state index in [2.05, 4.69) is 15.6 Å². The van der Waals surface area contributed by atoms with Crippen molar-refractivity contribution < 1.29 is 17.5 Å². The van der Waals surface area contributed by atoms with E-state index in [1.54, 1.807) is 19.2 Å². The molecule has 0 aliphatic heterocycles. The van der Waals surface area contributed by atoms with Crippen LogP contribution in [0.2, 0.25) is 0 Å². The van der Waals surface area contributed by atoms with Crippen LogP contribution in [0.25, 0.3) is 0 Å². The van der Waals surface area contributed by atoms with Crippen molar-refractivity contribution in [2.45, 2.75) is 25.3 Å². The van der Waals surface area contributed by atoms with Gasteiger partial charge in [0.1, 0.15) is 17.7 Å². The van der Waals surface area contributed by atoms with Gasteiger partial charge in [-0.1, -0.05) is 30.3 Å². The minimum absolute atomic E-state index is 0.0349. The molecule has 1 atom stereocenters. The molecule has 0 aromatic heterocycles. The van der Waals surface area contributed by atoms with Gasteiger partial charge in [-0.15, -0.1) is 0 Å². The van der Waals surface area contributed by atoms with Gasteiger partial charge < -0.3 is 15.4 Å². The number of hydrogen-bond acceptors (Lipinski definition) is 4. The molecule has 8 heteroatoms. The van der Waals surface area contributed by atoms with Crippen LogP contribution in [0.1, 0.15) is 18.1 Å². The summed E-state index contributed by atoms with van der Waals surface area (Å²) in [5.41, 5.74) is 1.77.